The van der Waals surface area contributed by atoms with Gasteiger partial charge in [0, 0.05) is 12.2 Å². The van der Waals surface area contributed by atoms with Crippen LogP contribution in [0, 0.1) is 13.8 Å². The van der Waals surface area contributed by atoms with Gasteiger partial charge in [-0.2, -0.15) is 0 Å². The van der Waals surface area contributed by atoms with Crippen LogP contribution in [0.2, 0.25) is 0 Å². The summed E-state index contributed by atoms with van der Waals surface area (Å²) < 4.78 is 0. The lowest BCUT2D eigenvalue weighted by Gasteiger charge is -2.20. The van der Waals surface area contributed by atoms with Gasteiger partial charge in [0.1, 0.15) is 0 Å². The Hall–Kier alpha value is -1.24. The number of nitrogens with zero attached hydrogens (tertiary/aromatic N) is 1. The van der Waals surface area contributed by atoms with Crippen molar-refractivity contribution in [3.05, 3.63) is 42.1 Å². The monoisotopic (exact) mass is 175 g/mol. The number of aryl methyl sites for hydroxylation is 2. The largest absolute Gasteiger partial charge is 0.349 e. The Kier molecular flexibility index (Phi) is 3.13. The van der Waals surface area contributed by atoms with Crippen LogP contribution < -0.4 is 4.90 Å². The molecule has 0 N–H and O–H groups in total. The average molecular weight is 175 g/mol. The van der Waals surface area contributed by atoms with Gasteiger partial charge in [0.2, 0.25) is 0 Å². The maximum Gasteiger partial charge on any atom is 0.0435 e. The summed E-state index contributed by atoms with van der Waals surface area (Å²) in [6.07, 6.45) is 1.87. The van der Waals surface area contributed by atoms with Gasteiger partial charge in [0.05, 0.1) is 0 Å². The molecule has 0 unspecified atom stereocenters. The molecule has 70 valence electrons. The van der Waals surface area contributed by atoms with Gasteiger partial charge >= 0.3 is 0 Å². The van der Waals surface area contributed by atoms with E-state index in [1.165, 1.54) is 16.8 Å². The van der Waals surface area contributed by atoms with Crippen molar-refractivity contribution in [2.24, 2.45) is 0 Å². The van der Waals surface area contributed by atoms with Gasteiger partial charge in [0.15, 0.2) is 0 Å². The zero-order valence-corrected chi connectivity index (χ0v) is 8.67. The van der Waals surface area contributed by atoms with Crippen LogP contribution in [0.5, 0.6) is 0 Å². The van der Waals surface area contributed by atoms with Crippen LogP contribution in [0.15, 0.2) is 31.0 Å². The van der Waals surface area contributed by atoms with Crippen molar-refractivity contribution >= 4 is 5.69 Å². The first-order valence-corrected chi connectivity index (χ1v) is 4.65. The van der Waals surface area contributed by atoms with E-state index in [1.54, 1.807) is 0 Å². The quantitative estimate of drug-likeness (QED) is 0.681. The molecular formula is C12H17N. The molecular weight excluding hydrogens is 158 g/mol. The third kappa shape index (κ3) is 2.11. The van der Waals surface area contributed by atoms with Gasteiger partial charge in [0.25, 0.3) is 0 Å². The van der Waals surface area contributed by atoms with E-state index in [-0.39, 0.29) is 0 Å². The maximum absolute atomic E-state index is 3.80. The number of benzene rings is 1. The molecule has 1 heteroatoms. The summed E-state index contributed by atoms with van der Waals surface area (Å²) in [6.45, 7) is 11.1. The fourth-order valence-corrected chi connectivity index (χ4v) is 1.53. The Morgan fingerprint density at radius 1 is 1.38 bits per heavy atom. The molecule has 0 aliphatic heterocycles. The minimum atomic E-state index is 0.966. The summed E-state index contributed by atoms with van der Waals surface area (Å²) in [6, 6.07) is 6.48. The molecule has 0 bridgehead atoms. The smallest absolute Gasteiger partial charge is 0.0435 e. The first-order chi connectivity index (χ1) is 6.19. The second kappa shape index (κ2) is 4.13. The molecule has 0 amide bonds. The molecule has 0 aromatic heterocycles. The van der Waals surface area contributed by atoms with E-state index in [0.717, 1.165) is 6.54 Å². The van der Waals surface area contributed by atoms with E-state index < -0.39 is 0 Å². The highest BCUT2D eigenvalue weighted by molar-refractivity contribution is 5.56. The van der Waals surface area contributed by atoms with Crippen LogP contribution in [0.25, 0.3) is 0 Å². The Labute approximate surface area is 80.7 Å². The van der Waals surface area contributed by atoms with Crippen LogP contribution >= 0.6 is 0 Å². The van der Waals surface area contributed by atoms with Crippen molar-refractivity contribution < 1.29 is 0 Å². The number of hydrogen-bond acceptors (Lipinski definition) is 1. The minimum absolute atomic E-state index is 0.966. The van der Waals surface area contributed by atoms with Crippen LogP contribution in [-0.4, -0.2) is 6.54 Å². The fourth-order valence-electron chi connectivity index (χ4n) is 1.53. The maximum atomic E-state index is 3.80. The predicted molar refractivity (Wildman–Crippen MR) is 59.1 cm³/mol. The first kappa shape index (κ1) is 9.85. The second-order valence-electron chi connectivity index (χ2n) is 3.26. The van der Waals surface area contributed by atoms with Gasteiger partial charge in [-0.3, -0.25) is 0 Å². The molecule has 0 saturated carbocycles. The molecule has 1 aromatic carbocycles. The lowest BCUT2D eigenvalue weighted by Crippen LogP contribution is -2.15. The van der Waals surface area contributed by atoms with E-state index in [4.69, 9.17) is 0 Å². The van der Waals surface area contributed by atoms with Crippen molar-refractivity contribution in [1.82, 2.24) is 0 Å². The number of hydrogen-bond donors (Lipinski definition) is 0. The first-order valence-electron chi connectivity index (χ1n) is 4.65. The van der Waals surface area contributed by atoms with Crippen LogP contribution in [0.3, 0.4) is 0 Å². The Bertz CT molecular complexity index is 302. The highest BCUT2D eigenvalue weighted by Gasteiger charge is 2.02. The SMILES string of the molecule is C=CN(CC)c1ccc(C)cc1C. The lowest BCUT2D eigenvalue weighted by molar-refractivity contribution is 1.01. The average Bonchev–Trinajstić information content (AvgIpc) is 2.10. The molecule has 0 aliphatic carbocycles. The molecule has 0 radical (unpaired) electrons. The van der Waals surface area contributed by atoms with Crippen molar-refractivity contribution in [2.75, 3.05) is 11.4 Å². The summed E-state index contributed by atoms with van der Waals surface area (Å²) in [5, 5.41) is 0. The van der Waals surface area contributed by atoms with Crippen molar-refractivity contribution in [3.63, 3.8) is 0 Å². The van der Waals surface area contributed by atoms with Gasteiger partial charge in [-0.1, -0.05) is 24.3 Å². The zero-order valence-electron chi connectivity index (χ0n) is 8.67. The van der Waals surface area contributed by atoms with E-state index in [1.807, 2.05) is 6.20 Å². The van der Waals surface area contributed by atoms with E-state index >= 15 is 0 Å². The van der Waals surface area contributed by atoms with Gasteiger partial charge in [-0.25, -0.2) is 0 Å². The summed E-state index contributed by atoms with van der Waals surface area (Å²) in [4.78, 5) is 2.15. The summed E-state index contributed by atoms with van der Waals surface area (Å²) in [7, 11) is 0. The molecule has 0 fully saturated rings. The minimum Gasteiger partial charge on any atom is -0.349 e. The molecule has 0 aliphatic rings. The van der Waals surface area contributed by atoms with E-state index in [2.05, 4.69) is 50.4 Å². The van der Waals surface area contributed by atoms with E-state index in [9.17, 15) is 0 Å². The topological polar surface area (TPSA) is 3.24 Å². The van der Waals surface area contributed by atoms with Crippen LogP contribution in [0.4, 0.5) is 5.69 Å². The molecule has 0 atom stereocenters. The molecule has 0 spiro atoms. The molecule has 1 nitrogen and oxygen atoms in total. The van der Waals surface area contributed by atoms with Crippen LogP contribution in [0.1, 0.15) is 18.1 Å². The summed E-state index contributed by atoms with van der Waals surface area (Å²) in [5.41, 5.74) is 3.87. The third-order valence-electron chi connectivity index (χ3n) is 2.22. The standard InChI is InChI=1S/C12H17N/c1-5-13(6-2)12-8-7-10(3)9-11(12)4/h5,7-9H,1,6H2,2-4H3. The Balaban J connectivity index is 3.06. The summed E-state index contributed by atoms with van der Waals surface area (Å²) in [5.74, 6) is 0. The predicted octanol–water partition coefficient (Wildman–Crippen LogP) is 3.27. The molecule has 13 heavy (non-hydrogen) atoms. The van der Waals surface area contributed by atoms with Crippen molar-refractivity contribution in [1.29, 1.82) is 0 Å². The van der Waals surface area contributed by atoms with Crippen molar-refractivity contribution in [3.8, 4) is 0 Å². The third-order valence-corrected chi connectivity index (χ3v) is 2.22. The molecule has 1 rings (SSSR count). The Morgan fingerprint density at radius 2 is 2.08 bits per heavy atom. The fraction of sp³-hybridized carbons (Fsp3) is 0.333. The number of rotatable bonds is 3. The summed E-state index contributed by atoms with van der Waals surface area (Å²) >= 11 is 0. The molecule has 1 aromatic rings. The lowest BCUT2D eigenvalue weighted by atomic mass is 10.1. The molecule has 0 saturated heterocycles. The second-order valence-corrected chi connectivity index (χ2v) is 3.26. The van der Waals surface area contributed by atoms with Crippen LogP contribution in [-0.2, 0) is 0 Å². The highest BCUT2D eigenvalue weighted by Crippen LogP contribution is 2.20. The van der Waals surface area contributed by atoms with Gasteiger partial charge < -0.3 is 4.90 Å². The number of anilines is 1. The van der Waals surface area contributed by atoms with Gasteiger partial charge in [-0.15, -0.1) is 0 Å². The van der Waals surface area contributed by atoms with E-state index in [0.29, 0.717) is 0 Å². The normalized spacial score (nSPS) is 9.77. The van der Waals surface area contributed by atoms with Crippen molar-refractivity contribution in [2.45, 2.75) is 20.8 Å². The Morgan fingerprint density at radius 3 is 2.54 bits per heavy atom. The zero-order chi connectivity index (χ0) is 9.84. The molecule has 0 heterocycles. The highest BCUT2D eigenvalue weighted by atomic mass is 15.1. The van der Waals surface area contributed by atoms with Gasteiger partial charge in [-0.05, 0) is 38.6 Å².